The number of carbonyl (C=O) groups is 1. The molecule has 0 heterocycles. The van der Waals surface area contributed by atoms with E-state index in [2.05, 4.69) is 19.1 Å². The van der Waals surface area contributed by atoms with Crippen molar-refractivity contribution >= 4 is 31.0 Å². The Bertz CT molecular complexity index is 306. The van der Waals surface area contributed by atoms with E-state index in [4.69, 9.17) is 0 Å². The van der Waals surface area contributed by atoms with Crippen LogP contribution in [0.1, 0.15) is 27.0 Å². The number of carbonyl (C=O) groups excluding carboxylic acids is 1. The molecule has 0 N–H and O–H groups in total. The van der Waals surface area contributed by atoms with E-state index in [1.165, 1.54) is 5.56 Å². The quantitative estimate of drug-likeness (QED) is 0.588. The van der Waals surface area contributed by atoms with E-state index in [-0.39, 0.29) is 0 Å². The summed E-state index contributed by atoms with van der Waals surface area (Å²) in [5.74, 6) is 0. The van der Waals surface area contributed by atoms with Crippen LogP contribution < -0.4 is 0 Å². The van der Waals surface area contributed by atoms with Gasteiger partial charge in [0.2, 0.25) is 0 Å². The molecule has 0 saturated carbocycles. The van der Waals surface area contributed by atoms with Gasteiger partial charge in [0, 0.05) is 0 Å². The van der Waals surface area contributed by atoms with Crippen LogP contribution >= 0.6 is 0 Å². The van der Waals surface area contributed by atoms with Gasteiger partial charge in [0.05, 0.1) is 0 Å². The molecule has 0 atom stereocenters. The standard InChI is InChI=1S/C10H11O.Na/c1-7-4-8(2)10(6-11)9(3)5-7;/h4-5H,1-3H3;. The van der Waals surface area contributed by atoms with Gasteiger partial charge in [-0.25, -0.2) is 0 Å². The van der Waals surface area contributed by atoms with Crippen molar-refractivity contribution in [1.82, 2.24) is 0 Å². The molecule has 0 aliphatic heterocycles. The Balaban J connectivity index is 3.38. The van der Waals surface area contributed by atoms with Crippen LogP contribution in [0.3, 0.4) is 0 Å². The van der Waals surface area contributed by atoms with Crippen LogP contribution in [0.25, 0.3) is 0 Å². The first-order valence-corrected chi connectivity index (χ1v) is 5.11. The SMILES string of the molecule is Cc1cc(C)c([C](=O)[Na])c(C)c1. The third-order valence-corrected chi connectivity index (χ3v) is 2.53. The van der Waals surface area contributed by atoms with Crippen molar-refractivity contribution in [1.29, 1.82) is 0 Å². The normalized spacial score (nSPS) is 10.1. The Morgan fingerprint density at radius 1 is 1.17 bits per heavy atom. The average Bonchev–Trinajstić information content (AvgIpc) is 1.82. The molecule has 0 spiro atoms. The minimum absolute atomic E-state index is 0.296. The van der Waals surface area contributed by atoms with Crippen molar-refractivity contribution in [3.05, 3.63) is 34.4 Å². The first-order chi connectivity index (χ1) is 5.52. The van der Waals surface area contributed by atoms with Crippen LogP contribution in [-0.4, -0.2) is 31.0 Å². The van der Waals surface area contributed by atoms with E-state index < -0.39 is 0 Å². The second-order valence-corrected chi connectivity index (χ2v) is 4.24. The van der Waals surface area contributed by atoms with Gasteiger partial charge in [-0.05, 0) is 0 Å². The summed E-state index contributed by atoms with van der Waals surface area (Å²) in [5.41, 5.74) is 4.41. The van der Waals surface area contributed by atoms with Crippen molar-refractivity contribution in [2.75, 3.05) is 0 Å². The molecule has 1 aromatic rings. The molecule has 1 rings (SSSR count). The number of aryl methyl sites for hydroxylation is 3. The van der Waals surface area contributed by atoms with Gasteiger partial charge in [0.25, 0.3) is 0 Å². The Morgan fingerprint density at radius 2 is 1.58 bits per heavy atom. The molecule has 1 nitrogen and oxygen atoms in total. The van der Waals surface area contributed by atoms with Gasteiger partial charge in [-0.2, -0.15) is 0 Å². The van der Waals surface area contributed by atoms with Crippen molar-refractivity contribution in [2.45, 2.75) is 20.8 Å². The van der Waals surface area contributed by atoms with Crippen LogP contribution in [0.4, 0.5) is 0 Å². The van der Waals surface area contributed by atoms with Gasteiger partial charge in [0.1, 0.15) is 0 Å². The summed E-state index contributed by atoms with van der Waals surface area (Å²) in [6.45, 7) is 6.07. The fourth-order valence-electron chi connectivity index (χ4n) is 1.74. The third kappa shape index (κ3) is 1.98. The Kier molecular flexibility index (Phi) is 3.10. The molecular formula is C10H11NaO. The third-order valence-electron chi connectivity index (χ3n) is 2.03. The Hall–Kier alpha value is -0.110. The zero-order chi connectivity index (χ0) is 9.30. The first kappa shape index (κ1) is 9.97. The van der Waals surface area contributed by atoms with Crippen LogP contribution in [0, 0.1) is 20.8 Å². The number of rotatable bonds is 1. The minimum atomic E-state index is 0.296. The van der Waals surface area contributed by atoms with Gasteiger partial charge < -0.3 is 0 Å². The summed E-state index contributed by atoms with van der Waals surface area (Å²) in [7, 11) is 0. The molecule has 0 aliphatic carbocycles. The van der Waals surface area contributed by atoms with E-state index >= 15 is 0 Å². The summed E-state index contributed by atoms with van der Waals surface area (Å²) in [4.78, 5) is 11.3. The molecule has 12 heavy (non-hydrogen) atoms. The van der Waals surface area contributed by atoms with Crippen LogP contribution in [0.15, 0.2) is 12.1 Å². The van der Waals surface area contributed by atoms with Crippen LogP contribution in [0.5, 0.6) is 0 Å². The molecule has 58 valence electrons. The van der Waals surface area contributed by atoms with Crippen molar-refractivity contribution in [3.63, 3.8) is 0 Å². The van der Waals surface area contributed by atoms with Gasteiger partial charge in [-0.15, -0.1) is 0 Å². The van der Waals surface area contributed by atoms with E-state index in [1.807, 2.05) is 13.8 Å². The maximum absolute atomic E-state index is 11.3. The van der Waals surface area contributed by atoms with Gasteiger partial charge in [0.15, 0.2) is 0 Å². The molecule has 0 fully saturated rings. The van der Waals surface area contributed by atoms with Gasteiger partial charge >= 0.3 is 90.9 Å². The van der Waals surface area contributed by atoms with E-state index in [9.17, 15) is 4.79 Å². The van der Waals surface area contributed by atoms with E-state index in [0.29, 0.717) is 31.0 Å². The molecule has 0 radical (unpaired) electrons. The van der Waals surface area contributed by atoms with Crippen molar-refractivity contribution in [3.8, 4) is 0 Å². The summed E-state index contributed by atoms with van der Waals surface area (Å²) in [5, 5.41) is 0. The monoisotopic (exact) mass is 170 g/mol. The summed E-state index contributed by atoms with van der Waals surface area (Å²) >= 11 is 0.613. The molecule has 0 aromatic heterocycles. The molecule has 0 saturated heterocycles. The summed E-state index contributed by atoms with van der Waals surface area (Å²) < 4.78 is 0.296. The molecule has 2 heteroatoms. The van der Waals surface area contributed by atoms with Crippen molar-refractivity contribution < 1.29 is 4.79 Å². The summed E-state index contributed by atoms with van der Waals surface area (Å²) in [6.07, 6.45) is 0. The first-order valence-electron chi connectivity index (χ1n) is 4.11. The predicted molar refractivity (Wildman–Crippen MR) is 50.7 cm³/mol. The van der Waals surface area contributed by atoms with Gasteiger partial charge in [-0.3, -0.25) is 0 Å². The average molecular weight is 170 g/mol. The Labute approximate surface area is 90.6 Å². The molecule has 0 amide bonds. The van der Waals surface area contributed by atoms with Crippen LogP contribution in [0.2, 0.25) is 0 Å². The number of benzene rings is 1. The second kappa shape index (κ2) is 3.73. The van der Waals surface area contributed by atoms with Crippen molar-refractivity contribution in [2.24, 2.45) is 0 Å². The topological polar surface area (TPSA) is 17.1 Å². The van der Waals surface area contributed by atoms with E-state index in [1.54, 1.807) is 0 Å². The summed E-state index contributed by atoms with van der Waals surface area (Å²) in [6, 6.07) is 4.14. The number of hydrogen-bond acceptors (Lipinski definition) is 1. The molecule has 1 aromatic carbocycles. The predicted octanol–water partition coefficient (Wildman–Crippen LogP) is 1.92. The molecular weight excluding hydrogens is 159 g/mol. The van der Waals surface area contributed by atoms with Crippen LogP contribution in [-0.2, 0) is 0 Å². The second-order valence-electron chi connectivity index (χ2n) is 3.33. The zero-order valence-corrected chi connectivity index (χ0v) is 10.1. The molecule has 0 aliphatic rings. The Morgan fingerprint density at radius 3 is 1.92 bits per heavy atom. The van der Waals surface area contributed by atoms with Gasteiger partial charge in [-0.1, -0.05) is 0 Å². The maximum atomic E-state index is 11.3. The number of hydrogen-bond donors (Lipinski definition) is 0. The van der Waals surface area contributed by atoms with E-state index in [0.717, 1.165) is 16.7 Å². The fourth-order valence-corrected chi connectivity index (χ4v) is 2.52. The zero-order valence-electron chi connectivity index (χ0n) is 8.06. The molecule has 0 bridgehead atoms. The molecule has 0 unspecified atom stereocenters. The fraction of sp³-hybridized carbons (Fsp3) is 0.300.